The van der Waals surface area contributed by atoms with Gasteiger partial charge in [0.25, 0.3) is 0 Å². The van der Waals surface area contributed by atoms with Crippen LogP contribution >= 0.6 is 0 Å². The maximum absolute atomic E-state index is 13.0. The van der Waals surface area contributed by atoms with Gasteiger partial charge in [0.2, 0.25) is 11.5 Å². The van der Waals surface area contributed by atoms with Crippen molar-refractivity contribution in [1.82, 2.24) is 10.3 Å². The fourth-order valence-corrected chi connectivity index (χ4v) is 5.14. The van der Waals surface area contributed by atoms with Crippen LogP contribution in [0.2, 0.25) is 0 Å². The molecule has 2 rings (SSSR count). The van der Waals surface area contributed by atoms with Crippen molar-refractivity contribution in [3.05, 3.63) is 63.6 Å². The Labute approximate surface area is 240 Å². The number of hydrogen-bond acceptors (Lipinski definition) is 6. The van der Waals surface area contributed by atoms with Crippen LogP contribution in [0.25, 0.3) is 0 Å². The van der Waals surface area contributed by atoms with Crippen LogP contribution in [0.1, 0.15) is 70.2 Å². The molecule has 1 aromatic heterocycles. The minimum atomic E-state index is -0.803. The van der Waals surface area contributed by atoms with Crippen molar-refractivity contribution in [1.29, 1.82) is 0 Å². The van der Waals surface area contributed by atoms with Crippen LogP contribution < -0.4 is 21.3 Å². The first-order valence-electron chi connectivity index (χ1n) is 14.6. The number of carbonyl (C=O) groups is 1. The average Bonchev–Trinajstić information content (AvgIpc) is 2.92. The number of carbonyl (C=O) groups excluding carboxylic acids is 1. The van der Waals surface area contributed by atoms with Crippen LogP contribution in [0.5, 0.6) is 5.75 Å². The van der Waals surface area contributed by atoms with E-state index in [4.69, 9.17) is 15.2 Å². The summed E-state index contributed by atoms with van der Waals surface area (Å²) < 4.78 is 10.8. The van der Waals surface area contributed by atoms with Gasteiger partial charge in [-0.05, 0) is 79.5 Å². The SMILES string of the molecule is COCCCCc1cc(C[C@@H](C[C@H](N)[C@@H](O)C[C@H](C(=O)NCc2cccc(=O)[nH]2)C(C)C)C(C)C)ccc1OC. The normalized spacial score (nSPS) is 14.7. The van der Waals surface area contributed by atoms with Crippen LogP contribution in [-0.2, 0) is 28.9 Å². The number of nitrogens with one attached hydrogen (secondary N) is 2. The van der Waals surface area contributed by atoms with Gasteiger partial charge in [0.15, 0.2) is 0 Å². The quantitative estimate of drug-likeness (QED) is 0.203. The van der Waals surface area contributed by atoms with Crippen molar-refractivity contribution in [2.45, 2.75) is 84.9 Å². The highest BCUT2D eigenvalue weighted by Crippen LogP contribution is 2.28. The number of aromatic amines is 1. The molecule has 0 aliphatic heterocycles. The molecule has 0 radical (unpaired) electrons. The summed E-state index contributed by atoms with van der Waals surface area (Å²) in [4.78, 5) is 27.2. The molecule has 40 heavy (non-hydrogen) atoms. The molecule has 0 unspecified atom stereocenters. The zero-order chi connectivity index (χ0) is 29.7. The Hall–Kier alpha value is -2.68. The number of unbranched alkanes of at least 4 members (excludes halogenated alkanes) is 1. The lowest BCUT2D eigenvalue weighted by Crippen LogP contribution is -2.42. The molecule has 1 amide bonds. The second kappa shape index (κ2) is 17.2. The number of pyridine rings is 1. The van der Waals surface area contributed by atoms with E-state index < -0.39 is 18.1 Å². The first-order valence-corrected chi connectivity index (χ1v) is 14.6. The third kappa shape index (κ3) is 11.1. The molecule has 0 aliphatic carbocycles. The van der Waals surface area contributed by atoms with Gasteiger partial charge in [-0.1, -0.05) is 45.9 Å². The summed E-state index contributed by atoms with van der Waals surface area (Å²) in [5, 5.41) is 14.0. The Morgan fingerprint density at radius 1 is 1.05 bits per heavy atom. The summed E-state index contributed by atoms with van der Waals surface area (Å²) in [6.45, 7) is 9.31. The molecule has 0 aliphatic rings. The Balaban J connectivity index is 2.01. The molecule has 5 N–H and O–H groups in total. The molecule has 0 bridgehead atoms. The molecular weight excluding hydrogens is 506 g/mol. The summed E-state index contributed by atoms with van der Waals surface area (Å²) in [6, 6.07) is 10.8. The highest BCUT2D eigenvalue weighted by Gasteiger charge is 2.29. The maximum Gasteiger partial charge on any atom is 0.248 e. The molecule has 0 saturated heterocycles. The number of aryl methyl sites for hydroxylation is 1. The highest BCUT2D eigenvalue weighted by atomic mass is 16.5. The molecular formula is C32H51N3O5. The Morgan fingerprint density at radius 2 is 1.80 bits per heavy atom. The van der Waals surface area contributed by atoms with Crippen LogP contribution in [0.3, 0.4) is 0 Å². The van der Waals surface area contributed by atoms with Crippen molar-refractivity contribution in [2.75, 3.05) is 20.8 Å². The number of hydrogen-bond donors (Lipinski definition) is 4. The van der Waals surface area contributed by atoms with Crippen LogP contribution in [0, 0.1) is 23.7 Å². The molecule has 0 saturated carbocycles. The van der Waals surface area contributed by atoms with E-state index in [0.717, 1.165) is 38.0 Å². The van der Waals surface area contributed by atoms with E-state index in [1.165, 1.54) is 17.2 Å². The van der Waals surface area contributed by atoms with Crippen LogP contribution in [0.15, 0.2) is 41.2 Å². The number of amides is 1. The predicted octanol–water partition coefficient (Wildman–Crippen LogP) is 4.22. The fraction of sp³-hybridized carbons (Fsp3) is 0.625. The van der Waals surface area contributed by atoms with Gasteiger partial charge in [-0.15, -0.1) is 0 Å². The summed E-state index contributed by atoms with van der Waals surface area (Å²) in [7, 11) is 3.43. The molecule has 0 spiro atoms. The van der Waals surface area contributed by atoms with Crippen molar-refractivity contribution in [3.63, 3.8) is 0 Å². The Kier molecular flexibility index (Phi) is 14.4. The molecule has 0 fully saturated rings. The van der Waals surface area contributed by atoms with E-state index in [2.05, 4.69) is 36.3 Å². The lowest BCUT2D eigenvalue weighted by molar-refractivity contribution is -0.127. The molecule has 8 nitrogen and oxygen atoms in total. The summed E-state index contributed by atoms with van der Waals surface area (Å²) in [5.41, 5.74) is 9.42. The minimum Gasteiger partial charge on any atom is -0.496 e. The van der Waals surface area contributed by atoms with Gasteiger partial charge in [-0.25, -0.2) is 0 Å². The van der Waals surface area contributed by atoms with Gasteiger partial charge < -0.3 is 30.6 Å². The summed E-state index contributed by atoms with van der Waals surface area (Å²) in [5.74, 6) is 1.05. The third-order valence-electron chi connectivity index (χ3n) is 7.82. The standard InChI is InChI=1S/C32H51N3O5/c1-21(2)25(17-23-13-14-30(40-6)24(16-23)10-7-8-15-39-5)18-28(33)29(36)19-27(22(3)4)32(38)34-20-26-11-9-12-31(37)35-26/h9,11-14,16,21-22,25,27-29,36H,7-8,10,15,17-20,33H2,1-6H3,(H,34,38)(H,35,37)/t25-,27-,28-,29-/m0/s1. The van der Waals surface area contributed by atoms with Gasteiger partial charge in [-0.2, -0.15) is 0 Å². The van der Waals surface area contributed by atoms with E-state index >= 15 is 0 Å². The topological polar surface area (TPSA) is 127 Å². The predicted molar refractivity (Wildman–Crippen MR) is 160 cm³/mol. The lowest BCUT2D eigenvalue weighted by atomic mass is 9.80. The number of aromatic nitrogens is 1. The molecule has 1 aromatic carbocycles. The largest absolute Gasteiger partial charge is 0.496 e. The van der Waals surface area contributed by atoms with Gasteiger partial charge in [0.1, 0.15) is 5.75 Å². The number of rotatable bonds is 18. The second-order valence-electron chi connectivity index (χ2n) is 11.6. The van der Waals surface area contributed by atoms with E-state index in [1.54, 1.807) is 26.4 Å². The second-order valence-corrected chi connectivity index (χ2v) is 11.6. The Bertz CT molecular complexity index is 1080. The molecule has 2 aromatic rings. The van der Waals surface area contributed by atoms with Crippen molar-refractivity contribution >= 4 is 5.91 Å². The lowest BCUT2D eigenvalue weighted by Gasteiger charge is -2.30. The summed E-state index contributed by atoms with van der Waals surface area (Å²) >= 11 is 0. The smallest absolute Gasteiger partial charge is 0.248 e. The number of benzene rings is 1. The van der Waals surface area contributed by atoms with E-state index in [9.17, 15) is 14.7 Å². The van der Waals surface area contributed by atoms with Gasteiger partial charge in [0, 0.05) is 37.4 Å². The number of methoxy groups -OCH3 is 2. The molecule has 1 heterocycles. The summed E-state index contributed by atoms with van der Waals surface area (Å²) in [6.07, 6.45) is 3.97. The van der Waals surface area contributed by atoms with Crippen molar-refractivity contribution in [2.24, 2.45) is 29.4 Å². The number of ether oxygens (including phenoxy) is 2. The fourth-order valence-electron chi connectivity index (χ4n) is 5.14. The number of aliphatic hydroxyl groups is 1. The van der Waals surface area contributed by atoms with Crippen LogP contribution in [-0.4, -0.2) is 49.0 Å². The average molecular weight is 558 g/mol. The van der Waals surface area contributed by atoms with Crippen LogP contribution in [0.4, 0.5) is 0 Å². The monoisotopic (exact) mass is 557 g/mol. The van der Waals surface area contributed by atoms with Crippen molar-refractivity contribution < 1.29 is 19.4 Å². The zero-order valence-corrected chi connectivity index (χ0v) is 25.2. The van der Waals surface area contributed by atoms with E-state index in [1.807, 2.05) is 19.9 Å². The first kappa shape index (κ1) is 33.5. The third-order valence-corrected chi connectivity index (χ3v) is 7.82. The maximum atomic E-state index is 13.0. The van der Waals surface area contributed by atoms with Gasteiger partial charge in [0.05, 0.1) is 19.8 Å². The zero-order valence-electron chi connectivity index (χ0n) is 25.2. The molecule has 8 heteroatoms. The minimum absolute atomic E-state index is 0.0270. The molecule has 224 valence electrons. The van der Waals surface area contributed by atoms with E-state index in [-0.39, 0.29) is 36.3 Å². The highest BCUT2D eigenvalue weighted by molar-refractivity contribution is 5.78. The van der Waals surface area contributed by atoms with Gasteiger partial charge in [-0.3, -0.25) is 9.59 Å². The van der Waals surface area contributed by atoms with E-state index in [0.29, 0.717) is 18.0 Å². The number of nitrogens with two attached hydrogens (primary N) is 1. The number of H-pyrrole nitrogens is 1. The first-order chi connectivity index (χ1) is 19.0. The van der Waals surface area contributed by atoms with Gasteiger partial charge >= 0.3 is 0 Å². The number of aliphatic hydroxyl groups excluding tert-OH is 1. The Morgan fingerprint density at radius 3 is 2.42 bits per heavy atom. The molecule has 4 atom stereocenters. The van der Waals surface area contributed by atoms with Crippen molar-refractivity contribution in [3.8, 4) is 5.75 Å².